The molecule has 5 rings (SSSR count). The predicted molar refractivity (Wildman–Crippen MR) is 116 cm³/mol. The number of hydrogen-bond donors (Lipinski definition) is 1. The van der Waals surface area contributed by atoms with Gasteiger partial charge in [0, 0.05) is 23.8 Å². The highest BCUT2D eigenvalue weighted by Gasteiger charge is 2.32. The summed E-state index contributed by atoms with van der Waals surface area (Å²) in [6.45, 7) is 1.53. The number of carbonyl (C=O) groups excluding carboxylic acids is 1. The second-order valence-electron chi connectivity index (χ2n) is 7.88. The van der Waals surface area contributed by atoms with E-state index in [2.05, 4.69) is 50.4 Å². The van der Waals surface area contributed by atoms with Gasteiger partial charge in [-0.1, -0.05) is 42.1 Å². The number of aryl methyl sites for hydroxylation is 1. The average molecular weight is 405 g/mol. The number of rotatable bonds is 5. The molecule has 1 saturated carbocycles. The van der Waals surface area contributed by atoms with Crippen molar-refractivity contribution in [3.63, 3.8) is 0 Å². The number of aromatic nitrogens is 3. The first-order valence-electron chi connectivity index (χ1n) is 10.3. The number of anilines is 1. The van der Waals surface area contributed by atoms with Crippen LogP contribution < -0.4 is 5.32 Å². The molecule has 1 aromatic heterocycles. The Morgan fingerprint density at radius 1 is 1.10 bits per heavy atom. The lowest BCUT2D eigenvalue weighted by Gasteiger charge is -2.24. The Balaban J connectivity index is 1.52. The van der Waals surface area contributed by atoms with Gasteiger partial charge in [0.05, 0.1) is 5.69 Å². The van der Waals surface area contributed by atoms with E-state index in [4.69, 9.17) is 0 Å². The molecular weight excluding hydrogens is 380 g/mol. The molecule has 1 heterocycles. The molecule has 0 unspecified atom stereocenters. The number of nitrogens with zero attached hydrogens (tertiary/aromatic N) is 3. The lowest BCUT2D eigenvalue weighted by atomic mass is 9.91. The smallest absolute Gasteiger partial charge is 0.221 e. The number of hydrogen-bond acceptors (Lipinski definition) is 4. The van der Waals surface area contributed by atoms with Crippen molar-refractivity contribution < 1.29 is 4.79 Å². The molecule has 2 aromatic carbocycles. The van der Waals surface area contributed by atoms with Gasteiger partial charge < -0.3 is 5.32 Å². The number of amides is 1. The number of fused-ring (bicyclic) bond motifs is 1. The van der Waals surface area contributed by atoms with E-state index < -0.39 is 0 Å². The molecule has 5 nitrogen and oxygen atoms in total. The Morgan fingerprint density at radius 3 is 2.79 bits per heavy atom. The molecule has 0 radical (unpaired) electrons. The minimum Gasteiger partial charge on any atom is -0.326 e. The van der Waals surface area contributed by atoms with Gasteiger partial charge >= 0.3 is 0 Å². The van der Waals surface area contributed by atoms with Crippen LogP contribution in [0.2, 0.25) is 0 Å². The number of nitrogens with one attached hydrogen (secondary N) is 1. The summed E-state index contributed by atoms with van der Waals surface area (Å²) >= 11 is 1.82. The molecule has 2 aliphatic rings. The van der Waals surface area contributed by atoms with Crippen LogP contribution in [-0.4, -0.2) is 20.7 Å². The summed E-state index contributed by atoms with van der Waals surface area (Å²) in [5.74, 6) is 1.46. The number of benzene rings is 2. The highest BCUT2D eigenvalue weighted by Crippen LogP contribution is 2.46. The summed E-state index contributed by atoms with van der Waals surface area (Å²) < 4.78 is 2.20. The molecule has 2 aliphatic carbocycles. The molecule has 0 spiro atoms. The van der Waals surface area contributed by atoms with Crippen LogP contribution in [0.25, 0.3) is 5.69 Å². The zero-order chi connectivity index (χ0) is 19.8. The van der Waals surface area contributed by atoms with E-state index in [9.17, 15) is 4.79 Å². The van der Waals surface area contributed by atoms with Crippen molar-refractivity contribution in [3.05, 3.63) is 65.5 Å². The van der Waals surface area contributed by atoms with E-state index in [-0.39, 0.29) is 5.91 Å². The zero-order valence-electron chi connectivity index (χ0n) is 16.5. The van der Waals surface area contributed by atoms with Crippen molar-refractivity contribution in [1.29, 1.82) is 0 Å². The van der Waals surface area contributed by atoms with Crippen molar-refractivity contribution in [2.75, 3.05) is 5.32 Å². The SMILES string of the molecule is CC(=O)Nc1cccc(-n2c(S[C@H]3CCCc4ccccc43)nnc2C2CC2)c1. The molecule has 148 valence electrons. The minimum atomic E-state index is -0.0678. The van der Waals surface area contributed by atoms with Crippen LogP contribution >= 0.6 is 11.8 Å². The van der Waals surface area contributed by atoms with Crippen LogP contribution in [0.1, 0.15) is 60.7 Å². The van der Waals surface area contributed by atoms with E-state index in [0.717, 1.165) is 35.2 Å². The van der Waals surface area contributed by atoms with E-state index in [0.29, 0.717) is 11.2 Å². The fourth-order valence-corrected chi connectivity index (χ4v) is 5.38. The first-order chi connectivity index (χ1) is 14.2. The minimum absolute atomic E-state index is 0.0678. The van der Waals surface area contributed by atoms with Crippen LogP contribution in [0, 0.1) is 0 Å². The Morgan fingerprint density at radius 2 is 1.97 bits per heavy atom. The van der Waals surface area contributed by atoms with Crippen LogP contribution in [0.5, 0.6) is 0 Å². The molecule has 0 bridgehead atoms. The topological polar surface area (TPSA) is 59.8 Å². The van der Waals surface area contributed by atoms with E-state index in [1.165, 1.54) is 37.3 Å². The van der Waals surface area contributed by atoms with Crippen LogP contribution in [0.15, 0.2) is 53.7 Å². The second-order valence-corrected chi connectivity index (χ2v) is 9.05. The zero-order valence-corrected chi connectivity index (χ0v) is 17.3. The fourth-order valence-electron chi connectivity index (χ4n) is 4.09. The first kappa shape index (κ1) is 18.4. The number of carbonyl (C=O) groups is 1. The van der Waals surface area contributed by atoms with Gasteiger partial charge in [0.15, 0.2) is 5.16 Å². The maximum absolute atomic E-state index is 11.5. The Labute approximate surface area is 174 Å². The Hall–Kier alpha value is -2.60. The van der Waals surface area contributed by atoms with E-state index >= 15 is 0 Å². The largest absolute Gasteiger partial charge is 0.326 e. The second kappa shape index (κ2) is 7.67. The van der Waals surface area contributed by atoms with Gasteiger partial charge in [0.25, 0.3) is 0 Å². The molecule has 29 heavy (non-hydrogen) atoms. The van der Waals surface area contributed by atoms with E-state index in [1.54, 1.807) is 0 Å². The van der Waals surface area contributed by atoms with Gasteiger partial charge in [-0.2, -0.15) is 0 Å². The Bertz CT molecular complexity index is 1060. The quantitative estimate of drug-likeness (QED) is 0.629. The van der Waals surface area contributed by atoms with Gasteiger partial charge in [-0.05, 0) is 61.4 Å². The van der Waals surface area contributed by atoms with Crippen LogP contribution in [0.3, 0.4) is 0 Å². The molecule has 6 heteroatoms. The molecule has 3 aromatic rings. The number of thioether (sulfide) groups is 1. The first-order valence-corrected chi connectivity index (χ1v) is 11.1. The normalized spacial score (nSPS) is 18.3. The van der Waals surface area contributed by atoms with Gasteiger partial charge in [-0.15, -0.1) is 10.2 Å². The molecule has 0 saturated heterocycles. The molecule has 1 atom stereocenters. The maximum Gasteiger partial charge on any atom is 0.221 e. The van der Waals surface area contributed by atoms with Crippen LogP contribution in [0.4, 0.5) is 5.69 Å². The highest BCUT2D eigenvalue weighted by atomic mass is 32.2. The summed E-state index contributed by atoms with van der Waals surface area (Å²) in [7, 11) is 0. The van der Waals surface area contributed by atoms with E-state index in [1.807, 2.05) is 30.0 Å². The predicted octanol–water partition coefficient (Wildman–Crippen LogP) is 5.27. The third-order valence-corrected chi connectivity index (χ3v) is 6.84. The molecule has 1 N–H and O–H groups in total. The lowest BCUT2D eigenvalue weighted by molar-refractivity contribution is -0.114. The molecule has 1 fully saturated rings. The molecular formula is C23H24N4OS. The lowest BCUT2D eigenvalue weighted by Crippen LogP contribution is -2.09. The summed E-state index contributed by atoms with van der Waals surface area (Å²) in [6.07, 6.45) is 5.85. The summed E-state index contributed by atoms with van der Waals surface area (Å²) in [5.41, 5.74) is 4.69. The van der Waals surface area contributed by atoms with Gasteiger partial charge in [-0.3, -0.25) is 9.36 Å². The van der Waals surface area contributed by atoms with Crippen LogP contribution in [-0.2, 0) is 11.2 Å². The summed E-state index contributed by atoms with van der Waals surface area (Å²) in [6, 6.07) is 16.7. The van der Waals surface area contributed by atoms with Crippen molar-refractivity contribution in [2.24, 2.45) is 0 Å². The van der Waals surface area contributed by atoms with Gasteiger partial charge in [0.2, 0.25) is 5.91 Å². The van der Waals surface area contributed by atoms with Crippen molar-refractivity contribution in [2.45, 2.75) is 55.4 Å². The standard InChI is InChI=1S/C23H24N4OS/c1-15(28)24-18-8-5-9-19(14-18)27-22(17-12-13-17)25-26-23(27)29-21-11-4-7-16-6-2-3-10-20(16)21/h2-3,5-6,8-10,14,17,21H,4,7,11-13H2,1H3,(H,24,28)/t21-/m0/s1. The maximum atomic E-state index is 11.5. The highest BCUT2D eigenvalue weighted by molar-refractivity contribution is 7.99. The van der Waals surface area contributed by atoms with Gasteiger partial charge in [-0.25, -0.2) is 0 Å². The molecule has 1 amide bonds. The molecule has 0 aliphatic heterocycles. The summed E-state index contributed by atoms with van der Waals surface area (Å²) in [4.78, 5) is 11.5. The fraction of sp³-hybridized carbons (Fsp3) is 0.348. The Kier molecular flexibility index (Phi) is 4.87. The average Bonchev–Trinajstić information content (AvgIpc) is 3.48. The third kappa shape index (κ3) is 3.81. The summed E-state index contributed by atoms with van der Waals surface area (Å²) in [5, 5.41) is 13.4. The monoisotopic (exact) mass is 404 g/mol. The van der Waals surface area contributed by atoms with Crippen molar-refractivity contribution in [1.82, 2.24) is 14.8 Å². The third-order valence-electron chi connectivity index (χ3n) is 5.59. The van der Waals surface area contributed by atoms with Gasteiger partial charge in [0.1, 0.15) is 5.82 Å². The van der Waals surface area contributed by atoms with Crippen molar-refractivity contribution in [3.8, 4) is 5.69 Å². The van der Waals surface area contributed by atoms with Crippen molar-refractivity contribution >= 4 is 23.4 Å².